The fraction of sp³-hybridized carbons (Fsp3) is 0.217. The molecule has 1 aliphatic rings. The number of H-pyrrole nitrogens is 1. The van der Waals surface area contributed by atoms with Gasteiger partial charge in [-0.05, 0) is 56.5 Å². The molecule has 0 atom stereocenters. The molecule has 1 fully saturated rings. The number of aryl methyl sites for hydroxylation is 2. The second kappa shape index (κ2) is 7.40. The van der Waals surface area contributed by atoms with Crippen molar-refractivity contribution in [1.82, 2.24) is 14.7 Å². The van der Waals surface area contributed by atoms with Crippen molar-refractivity contribution in [1.29, 1.82) is 0 Å². The lowest BCUT2D eigenvalue weighted by Crippen LogP contribution is -2.25. The van der Waals surface area contributed by atoms with E-state index < -0.39 is 10.0 Å². The van der Waals surface area contributed by atoms with Gasteiger partial charge in [0.1, 0.15) is 10.7 Å². The number of aromatic nitrogens is 2. The van der Waals surface area contributed by atoms with E-state index in [0.29, 0.717) is 21.6 Å². The number of sulfonamides is 1. The maximum Gasteiger partial charge on any atom is 0.260 e. The molecular weight excluding hydrogens is 430 g/mol. The zero-order chi connectivity index (χ0) is 21.8. The van der Waals surface area contributed by atoms with Crippen LogP contribution >= 0.6 is 11.3 Å². The molecule has 2 aromatic heterocycles. The Morgan fingerprint density at radius 2 is 1.65 bits per heavy atom. The maximum absolute atomic E-state index is 13.0. The van der Waals surface area contributed by atoms with E-state index in [1.165, 1.54) is 11.3 Å². The van der Waals surface area contributed by atoms with E-state index in [2.05, 4.69) is 14.7 Å². The van der Waals surface area contributed by atoms with Crippen LogP contribution in [0, 0.1) is 13.8 Å². The molecule has 0 unspecified atom stereocenters. The first-order chi connectivity index (χ1) is 14.8. The number of thiophene rings is 1. The minimum atomic E-state index is -3.52. The van der Waals surface area contributed by atoms with Gasteiger partial charge in [0.15, 0.2) is 0 Å². The molecule has 8 heteroatoms. The van der Waals surface area contributed by atoms with E-state index in [-0.39, 0.29) is 16.5 Å². The Hall–Kier alpha value is -2.81. The highest BCUT2D eigenvalue weighted by Crippen LogP contribution is 2.36. The summed E-state index contributed by atoms with van der Waals surface area (Å²) < 4.78 is 27.4. The molecule has 31 heavy (non-hydrogen) atoms. The van der Waals surface area contributed by atoms with Gasteiger partial charge in [-0.3, -0.25) is 4.79 Å². The topological polar surface area (TPSA) is 91.9 Å². The van der Waals surface area contributed by atoms with Crippen LogP contribution in [0.15, 0.2) is 58.2 Å². The van der Waals surface area contributed by atoms with E-state index in [1.807, 2.05) is 38.1 Å². The number of nitrogens with one attached hydrogen (secondary N) is 2. The Bertz CT molecular complexity index is 1450. The van der Waals surface area contributed by atoms with Crippen molar-refractivity contribution in [3.8, 4) is 22.5 Å². The maximum atomic E-state index is 13.0. The van der Waals surface area contributed by atoms with Crippen molar-refractivity contribution in [3.63, 3.8) is 0 Å². The van der Waals surface area contributed by atoms with Gasteiger partial charge in [0, 0.05) is 22.0 Å². The van der Waals surface area contributed by atoms with Gasteiger partial charge in [-0.1, -0.05) is 29.8 Å². The van der Waals surface area contributed by atoms with Gasteiger partial charge in [-0.25, -0.2) is 18.1 Å². The largest absolute Gasteiger partial charge is 0.306 e. The second-order valence-electron chi connectivity index (χ2n) is 7.91. The third kappa shape index (κ3) is 3.82. The first-order valence-electron chi connectivity index (χ1n) is 10.0. The van der Waals surface area contributed by atoms with Crippen molar-refractivity contribution in [3.05, 3.63) is 69.3 Å². The molecular formula is C23H21N3O3S2. The van der Waals surface area contributed by atoms with E-state index >= 15 is 0 Å². The molecule has 0 bridgehead atoms. The fourth-order valence-electron chi connectivity index (χ4n) is 3.60. The van der Waals surface area contributed by atoms with Crippen molar-refractivity contribution in [2.75, 3.05) is 0 Å². The lowest BCUT2D eigenvalue weighted by molar-refractivity contribution is 0.581. The summed E-state index contributed by atoms with van der Waals surface area (Å²) in [5.41, 5.74) is 3.52. The van der Waals surface area contributed by atoms with Gasteiger partial charge in [-0.2, -0.15) is 0 Å². The smallest absolute Gasteiger partial charge is 0.260 e. The highest BCUT2D eigenvalue weighted by Gasteiger charge is 2.28. The van der Waals surface area contributed by atoms with Gasteiger partial charge in [0.2, 0.25) is 10.0 Å². The van der Waals surface area contributed by atoms with E-state index in [0.717, 1.165) is 34.4 Å². The number of benzene rings is 2. The summed E-state index contributed by atoms with van der Waals surface area (Å²) in [5, 5.41) is 0.586. The molecule has 2 N–H and O–H groups in total. The van der Waals surface area contributed by atoms with Crippen LogP contribution in [0.2, 0.25) is 0 Å². The van der Waals surface area contributed by atoms with E-state index in [4.69, 9.17) is 0 Å². The minimum Gasteiger partial charge on any atom is -0.306 e. The normalized spacial score (nSPS) is 14.3. The van der Waals surface area contributed by atoms with Crippen LogP contribution in [0.1, 0.15) is 23.3 Å². The molecule has 5 rings (SSSR count). The molecule has 1 saturated carbocycles. The SMILES string of the molecule is Cc1ccc(-c2c(C)sc3nc(-c4ccc(S(=O)(=O)NC5CC5)cc4)[nH]c(=O)c23)cc1. The van der Waals surface area contributed by atoms with Gasteiger partial charge in [0.25, 0.3) is 5.56 Å². The zero-order valence-electron chi connectivity index (χ0n) is 17.1. The molecule has 6 nitrogen and oxygen atoms in total. The Morgan fingerprint density at radius 3 is 2.29 bits per heavy atom. The third-order valence-electron chi connectivity index (χ3n) is 5.42. The quantitative estimate of drug-likeness (QED) is 0.471. The Balaban J connectivity index is 1.54. The Morgan fingerprint density at radius 1 is 1.00 bits per heavy atom. The van der Waals surface area contributed by atoms with Gasteiger partial charge in [-0.15, -0.1) is 11.3 Å². The predicted octanol–water partition coefficient (Wildman–Crippen LogP) is 4.38. The van der Waals surface area contributed by atoms with Gasteiger partial charge in [0.05, 0.1) is 10.3 Å². The van der Waals surface area contributed by atoms with Crippen LogP contribution in [0.4, 0.5) is 0 Å². The minimum absolute atomic E-state index is 0.0508. The van der Waals surface area contributed by atoms with Crippen LogP contribution < -0.4 is 10.3 Å². The van der Waals surface area contributed by atoms with Crippen molar-refractivity contribution >= 4 is 31.6 Å². The summed E-state index contributed by atoms with van der Waals surface area (Å²) in [6.45, 7) is 4.02. The monoisotopic (exact) mass is 451 g/mol. The number of fused-ring (bicyclic) bond motifs is 1. The lowest BCUT2D eigenvalue weighted by Gasteiger charge is -2.07. The molecule has 0 amide bonds. The Labute approximate surface area is 184 Å². The molecule has 0 saturated heterocycles. The summed E-state index contributed by atoms with van der Waals surface area (Å²) in [7, 11) is -3.52. The first kappa shape index (κ1) is 20.1. The number of rotatable bonds is 5. The van der Waals surface area contributed by atoms with E-state index in [1.54, 1.807) is 24.3 Å². The zero-order valence-corrected chi connectivity index (χ0v) is 18.7. The number of nitrogens with zero attached hydrogens (tertiary/aromatic N) is 1. The van der Waals surface area contributed by atoms with Crippen LogP contribution in [-0.4, -0.2) is 24.4 Å². The fourth-order valence-corrected chi connectivity index (χ4v) is 5.95. The van der Waals surface area contributed by atoms with Crippen LogP contribution in [0.5, 0.6) is 0 Å². The van der Waals surface area contributed by atoms with Crippen molar-refractivity contribution in [2.45, 2.75) is 37.6 Å². The number of hydrogen-bond donors (Lipinski definition) is 2. The first-order valence-corrected chi connectivity index (χ1v) is 12.3. The predicted molar refractivity (Wildman–Crippen MR) is 124 cm³/mol. The average molecular weight is 452 g/mol. The number of aromatic amines is 1. The van der Waals surface area contributed by atoms with Crippen LogP contribution in [0.3, 0.4) is 0 Å². The molecule has 1 aliphatic carbocycles. The van der Waals surface area contributed by atoms with Crippen molar-refractivity contribution in [2.24, 2.45) is 0 Å². The lowest BCUT2D eigenvalue weighted by atomic mass is 10.0. The summed E-state index contributed by atoms with van der Waals surface area (Å²) in [6.07, 6.45) is 1.76. The van der Waals surface area contributed by atoms with Gasteiger partial charge >= 0.3 is 0 Å². The van der Waals surface area contributed by atoms with Crippen LogP contribution in [-0.2, 0) is 10.0 Å². The molecule has 0 aliphatic heterocycles. The summed E-state index contributed by atoms with van der Waals surface area (Å²) in [4.78, 5) is 22.5. The highest BCUT2D eigenvalue weighted by atomic mass is 32.2. The average Bonchev–Trinajstić information content (AvgIpc) is 3.47. The summed E-state index contributed by atoms with van der Waals surface area (Å²) >= 11 is 1.48. The molecule has 2 aromatic carbocycles. The highest BCUT2D eigenvalue weighted by molar-refractivity contribution is 7.89. The Kier molecular flexibility index (Phi) is 4.80. The summed E-state index contributed by atoms with van der Waals surface area (Å²) in [5.74, 6) is 0.424. The standard InChI is InChI=1S/C23H21N3O3S2/c1-13-3-5-15(6-4-13)19-14(2)30-23-20(19)22(27)24-21(25-23)16-7-11-18(12-8-16)31(28,29)26-17-9-10-17/h3-8,11-12,17,26H,9-10H2,1-2H3,(H,24,25,27). The van der Waals surface area contributed by atoms with E-state index in [9.17, 15) is 13.2 Å². The van der Waals surface area contributed by atoms with Crippen molar-refractivity contribution < 1.29 is 8.42 Å². The summed E-state index contributed by atoms with van der Waals surface area (Å²) in [6, 6.07) is 14.6. The van der Waals surface area contributed by atoms with Gasteiger partial charge < -0.3 is 4.98 Å². The van der Waals surface area contributed by atoms with Crippen LogP contribution in [0.25, 0.3) is 32.7 Å². The molecule has 0 radical (unpaired) electrons. The molecule has 158 valence electrons. The third-order valence-corrected chi connectivity index (χ3v) is 7.95. The molecule has 4 aromatic rings. The second-order valence-corrected chi connectivity index (χ2v) is 10.8. The molecule has 2 heterocycles. The molecule has 0 spiro atoms. The number of hydrogen-bond acceptors (Lipinski definition) is 5.